The molecule has 5 nitrogen and oxygen atoms in total. The number of carbonyl (C=O) groups is 2. The molecule has 1 aliphatic heterocycles. The van der Waals surface area contributed by atoms with Crippen LogP contribution in [0.15, 0.2) is 48.5 Å². The maximum Gasteiger partial charge on any atom is 0.324 e. The smallest absolute Gasteiger partial charge is 0.324 e. The Morgan fingerprint density at radius 2 is 1.85 bits per heavy atom. The summed E-state index contributed by atoms with van der Waals surface area (Å²) >= 11 is 0. The molecule has 1 heterocycles. The lowest BCUT2D eigenvalue weighted by Gasteiger charge is -2.14. The van der Waals surface area contributed by atoms with E-state index in [1.165, 1.54) is 4.90 Å². The molecule has 1 atom stereocenters. The number of nitrogens with one attached hydrogen (secondary N) is 1. The number of benzene rings is 2. The first-order chi connectivity index (χ1) is 12.5. The fraction of sp³-hybridized carbons (Fsp3) is 0.333. The number of hydrogen-bond acceptors (Lipinski definition) is 3. The van der Waals surface area contributed by atoms with Crippen LogP contribution in [-0.2, 0) is 11.2 Å². The lowest BCUT2D eigenvalue weighted by Crippen LogP contribution is -2.33. The molecule has 3 rings (SSSR count). The zero-order valence-corrected chi connectivity index (χ0v) is 15.2. The molecule has 0 saturated carbocycles. The Hall–Kier alpha value is -2.82. The van der Waals surface area contributed by atoms with Gasteiger partial charge < -0.3 is 10.1 Å². The molecule has 0 aromatic heterocycles. The summed E-state index contributed by atoms with van der Waals surface area (Å²) in [6, 6.07) is 15.0. The Labute approximate surface area is 154 Å². The van der Waals surface area contributed by atoms with Gasteiger partial charge in [0, 0.05) is 13.0 Å². The molecule has 1 unspecified atom stereocenters. The van der Waals surface area contributed by atoms with Crippen LogP contribution in [0.2, 0.25) is 0 Å². The normalized spacial score (nSPS) is 16.7. The third-order valence-corrected chi connectivity index (χ3v) is 4.52. The van der Waals surface area contributed by atoms with Gasteiger partial charge in [-0.2, -0.15) is 0 Å². The van der Waals surface area contributed by atoms with Gasteiger partial charge in [-0.15, -0.1) is 0 Å². The van der Waals surface area contributed by atoms with Crippen molar-refractivity contribution in [3.05, 3.63) is 65.2 Å². The van der Waals surface area contributed by atoms with Crippen molar-refractivity contribution in [3.8, 4) is 5.75 Å². The number of urea groups is 1. The number of rotatable bonds is 7. The van der Waals surface area contributed by atoms with Gasteiger partial charge in [0.15, 0.2) is 0 Å². The summed E-state index contributed by atoms with van der Waals surface area (Å²) in [6.45, 7) is 4.85. The zero-order valence-electron chi connectivity index (χ0n) is 15.2. The van der Waals surface area contributed by atoms with E-state index in [1.807, 2.05) is 62.4 Å². The molecule has 2 aromatic rings. The van der Waals surface area contributed by atoms with Crippen molar-refractivity contribution in [2.75, 3.05) is 13.2 Å². The second kappa shape index (κ2) is 8.04. The molecule has 1 fully saturated rings. The average Bonchev–Trinajstić information content (AvgIpc) is 2.89. The van der Waals surface area contributed by atoms with E-state index in [0.717, 1.165) is 22.4 Å². The molecule has 5 heteroatoms. The average molecular weight is 352 g/mol. The molecule has 0 aliphatic carbocycles. The Morgan fingerprint density at radius 1 is 1.08 bits per heavy atom. The number of hydrogen-bond donors (Lipinski definition) is 1. The van der Waals surface area contributed by atoms with Crippen molar-refractivity contribution in [1.29, 1.82) is 0 Å². The highest BCUT2D eigenvalue weighted by Crippen LogP contribution is 2.19. The Balaban J connectivity index is 1.49. The van der Waals surface area contributed by atoms with Gasteiger partial charge in [0.1, 0.15) is 11.8 Å². The van der Waals surface area contributed by atoms with E-state index in [9.17, 15) is 9.59 Å². The maximum atomic E-state index is 12.5. The zero-order chi connectivity index (χ0) is 18.5. The van der Waals surface area contributed by atoms with Gasteiger partial charge in [-0.3, -0.25) is 9.69 Å². The van der Waals surface area contributed by atoms with Crippen LogP contribution in [0.25, 0.3) is 0 Å². The Kier molecular flexibility index (Phi) is 5.56. The number of aryl methyl sites for hydroxylation is 2. The number of carbonyl (C=O) groups excluding carboxylic acids is 2. The van der Waals surface area contributed by atoms with Crippen molar-refractivity contribution in [3.63, 3.8) is 0 Å². The van der Waals surface area contributed by atoms with E-state index in [-0.39, 0.29) is 11.9 Å². The predicted octanol–water partition coefficient (Wildman–Crippen LogP) is 3.24. The lowest BCUT2D eigenvalue weighted by atomic mass is 10.1. The van der Waals surface area contributed by atoms with Gasteiger partial charge >= 0.3 is 6.03 Å². The monoisotopic (exact) mass is 352 g/mol. The molecule has 1 aliphatic rings. The third-order valence-electron chi connectivity index (χ3n) is 4.52. The van der Waals surface area contributed by atoms with Gasteiger partial charge in [-0.25, -0.2) is 4.79 Å². The molecular formula is C21H24N2O3. The molecule has 0 bridgehead atoms. The first kappa shape index (κ1) is 18.0. The molecule has 136 valence electrons. The van der Waals surface area contributed by atoms with Crippen molar-refractivity contribution in [2.45, 2.75) is 32.7 Å². The topological polar surface area (TPSA) is 58.6 Å². The minimum Gasteiger partial charge on any atom is -0.493 e. The van der Waals surface area contributed by atoms with E-state index >= 15 is 0 Å². The summed E-state index contributed by atoms with van der Waals surface area (Å²) in [4.78, 5) is 25.9. The summed E-state index contributed by atoms with van der Waals surface area (Å²) in [5.41, 5.74) is 3.25. The second-order valence-corrected chi connectivity index (χ2v) is 6.65. The molecule has 0 radical (unpaired) electrons. The molecule has 3 amide bonds. The van der Waals surface area contributed by atoms with Crippen LogP contribution < -0.4 is 10.1 Å². The highest BCUT2D eigenvalue weighted by Gasteiger charge is 2.37. The lowest BCUT2D eigenvalue weighted by molar-refractivity contribution is -0.127. The van der Waals surface area contributed by atoms with Crippen molar-refractivity contribution >= 4 is 11.9 Å². The van der Waals surface area contributed by atoms with E-state index in [2.05, 4.69) is 5.32 Å². The van der Waals surface area contributed by atoms with Crippen molar-refractivity contribution < 1.29 is 14.3 Å². The number of imide groups is 1. The van der Waals surface area contributed by atoms with E-state index < -0.39 is 6.04 Å². The minimum absolute atomic E-state index is 0.161. The summed E-state index contributed by atoms with van der Waals surface area (Å²) in [5, 5.41) is 2.77. The SMILES string of the molecule is Cc1ccc(C)c(OCCCN2C(=O)NC(Cc3ccccc3)C2=O)c1. The van der Waals surface area contributed by atoms with Crippen LogP contribution in [0.1, 0.15) is 23.1 Å². The third kappa shape index (κ3) is 4.23. The quantitative estimate of drug-likeness (QED) is 0.615. The van der Waals surface area contributed by atoms with Crippen LogP contribution in [0.5, 0.6) is 5.75 Å². The predicted molar refractivity (Wildman–Crippen MR) is 100 cm³/mol. The first-order valence-corrected chi connectivity index (χ1v) is 8.90. The van der Waals surface area contributed by atoms with Crippen LogP contribution >= 0.6 is 0 Å². The van der Waals surface area contributed by atoms with Crippen molar-refractivity contribution in [2.24, 2.45) is 0 Å². The van der Waals surface area contributed by atoms with Crippen LogP contribution in [0.4, 0.5) is 4.79 Å². The van der Waals surface area contributed by atoms with Gasteiger partial charge in [-0.05, 0) is 43.0 Å². The molecule has 2 aromatic carbocycles. The number of nitrogens with zero attached hydrogens (tertiary/aromatic N) is 1. The highest BCUT2D eigenvalue weighted by molar-refractivity contribution is 6.04. The van der Waals surface area contributed by atoms with Gasteiger partial charge in [0.25, 0.3) is 5.91 Å². The summed E-state index contributed by atoms with van der Waals surface area (Å²) in [5.74, 6) is 0.690. The Morgan fingerprint density at radius 3 is 2.62 bits per heavy atom. The minimum atomic E-state index is -0.482. The Bertz CT molecular complexity index is 789. The number of amides is 3. The van der Waals surface area contributed by atoms with Gasteiger partial charge in [0.2, 0.25) is 0 Å². The van der Waals surface area contributed by atoms with Crippen LogP contribution in [0, 0.1) is 13.8 Å². The molecule has 1 saturated heterocycles. The standard InChI is InChI=1S/C21H24N2O3/c1-15-9-10-16(2)19(13-15)26-12-6-11-23-20(24)18(22-21(23)25)14-17-7-4-3-5-8-17/h3-5,7-10,13,18H,6,11-12,14H2,1-2H3,(H,22,25). The van der Waals surface area contributed by atoms with Gasteiger partial charge in [0.05, 0.1) is 6.61 Å². The van der Waals surface area contributed by atoms with Gasteiger partial charge in [-0.1, -0.05) is 42.5 Å². The second-order valence-electron chi connectivity index (χ2n) is 6.65. The van der Waals surface area contributed by atoms with E-state index in [0.29, 0.717) is 26.0 Å². The molecule has 0 spiro atoms. The fourth-order valence-corrected chi connectivity index (χ4v) is 3.04. The van der Waals surface area contributed by atoms with Crippen LogP contribution in [-0.4, -0.2) is 36.0 Å². The molecule has 1 N–H and O–H groups in total. The fourth-order valence-electron chi connectivity index (χ4n) is 3.04. The summed E-state index contributed by atoms with van der Waals surface area (Å²) in [7, 11) is 0. The molecule has 26 heavy (non-hydrogen) atoms. The van der Waals surface area contributed by atoms with E-state index in [1.54, 1.807) is 0 Å². The van der Waals surface area contributed by atoms with Crippen molar-refractivity contribution in [1.82, 2.24) is 10.2 Å². The van der Waals surface area contributed by atoms with Crippen LogP contribution in [0.3, 0.4) is 0 Å². The maximum absolute atomic E-state index is 12.5. The molecular weight excluding hydrogens is 328 g/mol. The summed E-state index contributed by atoms with van der Waals surface area (Å²) < 4.78 is 5.80. The summed E-state index contributed by atoms with van der Waals surface area (Å²) in [6.07, 6.45) is 1.12. The largest absolute Gasteiger partial charge is 0.493 e. The highest BCUT2D eigenvalue weighted by atomic mass is 16.5. The first-order valence-electron chi connectivity index (χ1n) is 8.90. The van der Waals surface area contributed by atoms with E-state index in [4.69, 9.17) is 4.74 Å². The number of ether oxygens (including phenoxy) is 1.